The summed E-state index contributed by atoms with van der Waals surface area (Å²) in [6.45, 7) is 2.03. The van der Waals surface area contributed by atoms with Gasteiger partial charge in [0.25, 0.3) is 0 Å². The van der Waals surface area contributed by atoms with Gasteiger partial charge < -0.3 is 10.6 Å². The molecule has 2 N–H and O–H groups in total. The van der Waals surface area contributed by atoms with Gasteiger partial charge in [0.05, 0.1) is 11.3 Å². The van der Waals surface area contributed by atoms with Gasteiger partial charge in [0.15, 0.2) is 5.82 Å². The largest absolute Gasteiger partial charge is 0.396 e. The third-order valence-corrected chi connectivity index (χ3v) is 3.18. The summed E-state index contributed by atoms with van der Waals surface area (Å²) in [6, 6.07) is 3.77. The molecule has 1 aromatic heterocycles. The highest BCUT2D eigenvalue weighted by atomic mass is 15.2. The lowest BCUT2D eigenvalue weighted by Crippen LogP contribution is -2.28. The van der Waals surface area contributed by atoms with Gasteiger partial charge in [-0.2, -0.15) is 5.26 Å². The maximum atomic E-state index is 8.79. The lowest BCUT2D eigenvalue weighted by atomic mass is 10.1. The number of pyridine rings is 1. The van der Waals surface area contributed by atoms with E-state index in [1.165, 1.54) is 32.1 Å². The lowest BCUT2D eigenvalue weighted by Gasteiger charge is -2.26. The van der Waals surface area contributed by atoms with Crippen LogP contribution in [0.4, 0.5) is 11.5 Å². The van der Waals surface area contributed by atoms with Gasteiger partial charge in [0.1, 0.15) is 6.07 Å². The van der Waals surface area contributed by atoms with E-state index in [2.05, 4.69) is 16.0 Å². The molecule has 17 heavy (non-hydrogen) atoms. The summed E-state index contributed by atoms with van der Waals surface area (Å²) in [5.74, 6) is 0.839. The molecule has 0 amide bonds. The van der Waals surface area contributed by atoms with Gasteiger partial charge in [-0.05, 0) is 18.9 Å². The molecule has 1 saturated heterocycles. The Morgan fingerprint density at radius 2 is 1.82 bits per heavy atom. The SMILES string of the molecule is N#Cc1cnc(N2CCCCCCC2)c(N)c1. The molecule has 2 rings (SSSR count). The average molecular weight is 230 g/mol. The number of aromatic nitrogens is 1. The second-order valence-electron chi connectivity index (χ2n) is 4.50. The van der Waals surface area contributed by atoms with Gasteiger partial charge in [0.2, 0.25) is 0 Å². The Kier molecular flexibility index (Phi) is 3.81. The first kappa shape index (κ1) is 11.7. The van der Waals surface area contributed by atoms with E-state index in [1.54, 1.807) is 12.3 Å². The van der Waals surface area contributed by atoms with E-state index in [0.717, 1.165) is 18.9 Å². The molecule has 0 bridgehead atoms. The van der Waals surface area contributed by atoms with Crippen molar-refractivity contribution in [2.45, 2.75) is 32.1 Å². The minimum atomic E-state index is 0.526. The van der Waals surface area contributed by atoms with Crippen molar-refractivity contribution >= 4 is 11.5 Å². The highest BCUT2D eigenvalue weighted by Crippen LogP contribution is 2.23. The number of hydrogen-bond donors (Lipinski definition) is 1. The van der Waals surface area contributed by atoms with Crippen LogP contribution < -0.4 is 10.6 Å². The van der Waals surface area contributed by atoms with Crippen molar-refractivity contribution in [1.82, 2.24) is 4.98 Å². The molecule has 1 aromatic rings. The Hall–Kier alpha value is -1.76. The van der Waals surface area contributed by atoms with Gasteiger partial charge in [-0.1, -0.05) is 19.3 Å². The molecule has 4 nitrogen and oxygen atoms in total. The van der Waals surface area contributed by atoms with Gasteiger partial charge >= 0.3 is 0 Å². The van der Waals surface area contributed by atoms with Gasteiger partial charge in [-0.3, -0.25) is 0 Å². The van der Waals surface area contributed by atoms with E-state index >= 15 is 0 Å². The Balaban J connectivity index is 2.17. The van der Waals surface area contributed by atoms with Crippen LogP contribution in [0.5, 0.6) is 0 Å². The number of nitrogens with two attached hydrogens (primary N) is 1. The van der Waals surface area contributed by atoms with Crippen molar-refractivity contribution in [3.8, 4) is 6.07 Å². The van der Waals surface area contributed by atoms with Gasteiger partial charge in [-0.25, -0.2) is 4.98 Å². The zero-order chi connectivity index (χ0) is 12.1. The van der Waals surface area contributed by atoms with Gasteiger partial charge in [0, 0.05) is 19.3 Å². The van der Waals surface area contributed by atoms with Crippen LogP contribution in [0, 0.1) is 11.3 Å². The second-order valence-corrected chi connectivity index (χ2v) is 4.50. The van der Waals surface area contributed by atoms with E-state index in [4.69, 9.17) is 11.0 Å². The number of nitrogens with zero attached hydrogens (tertiary/aromatic N) is 3. The van der Waals surface area contributed by atoms with Gasteiger partial charge in [-0.15, -0.1) is 0 Å². The number of hydrogen-bond acceptors (Lipinski definition) is 4. The van der Waals surface area contributed by atoms with Crippen molar-refractivity contribution in [2.75, 3.05) is 23.7 Å². The molecule has 0 saturated carbocycles. The van der Waals surface area contributed by atoms with E-state index in [9.17, 15) is 0 Å². The highest BCUT2D eigenvalue weighted by molar-refractivity contribution is 5.64. The summed E-state index contributed by atoms with van der Waals surface area (Å²) in [4.78, 5) is 6.57. The van der Waals surface area contributed by atoms with E-state index < -0.39 is 0 Å². The molecule has 4 heteroatoms. The first-order chi connectivity index (χ1) is 8.31. The molecule has 0 aliphatic carbocycles. The molecule has 1 aliphatic heterocycles. The number of nitrogen functional groups attached to an aromatic ring is 1. The Bertz CT molecular complexity index is 414. The van der Waals surface area contributed by atoms with Crippen molar-refractivity contribution in [3.05, 3.63) is 17.8 Å². The maximum Gasteiger partial charge on any atom is 0.151 e. The van der Waals surface area contributed by atoms with Crippen molar-refractivity contribution in [1.29, 1.82) is 5.26 Å². The van der Waals surface area contributed by atoms with Crippen LogP contribution in [0.2, 0.25) is 0 Å². The fourth-order valence-corrected chi connectivity index (χ4v) is 2.26. The first-order valence-corrected chi connectivity index (χ1v) is 6.22. The molecule has 0 atom stereocenters. The predicted molar refractivity (Wildman–Crippen MR) is 68.7 cm³/mol. The van der Waals surface area contributed by atoms with Crippen LogP contribution in [0.25, 0.3) is 0 Å². The Morgan fingerprint density at radius 3 is 2.41 bits per heavy atom. The average Bonchev–Trinajstić information content (AvgIpc) is 2.29. The lowest BCUT2D eigenvalue weighted by molar-refractivity contribution is 0.554. The van der Waals surface area contributed by atoms with Crippen LogP contribution in [-0.4, -0.2) is 18.1 Å². The minimum absolute atomic E-state index is 0.526. The molecular weight excluding hydrogens is 212 g/mol. The fourth-order valence-electron chi connectivity index (χ4n) is 2.26. The molecule has 0 unspecified atom stereocenters. The molecule has 90 valence electrons. The molecule has 0 spiro atoms. The van der Waals surface area contributed by atoms with Crippen LogP contribution in [0.3, 0.4) is 0 Å². The first-order valence-electron chi connectivity index (χ1n) is 6.22. The summed E-state index contributed by atoms with van der Waals surface area (Å²) in [7, 11) is 0. The van der Waals surface area contributed by atoms with Crippen LogP contribution in [-0.2, 0) is 0 Å². The fraction of sp³-hybridized carbons (Fsp3) is 0.538. The molecule has 1 fully saturated rings. The van der Waals surface area contributed by atoms with E-state index in [0.29, 0.717) is 11.3 Å². The van der Waals surface area contributed by atoms with E-state index in [-0.39, 0.29) is 0 Å². The zero-order valence-electron chi connectivity index (χ0n) is 10.0. The summed E-state index contributed by atoms with van der Waals surface area (Å²) < 4.78 is 0. The molecule has 2 heterocycles. The third-order valence-electron chi connectivity index (χ3n) is 3.18. The molecule has 0 aromatic carbocycles. The number of anilines is 2. The smallest absolute Gasteiger partial charge is 0.151 e. The summed E-state index contributed by atoms with van der Waals surface area (Å²) in [5, 5.41) is 8.79. The van der Waals surface area contributed by atoms with Crippen LogP contribution in [0.1, 0.15) is 37.7 Å². The number of nitriles is 1. The second kappa shape index (κ2) is 5.53. The monoisotopic (exact) mass is 230 g/mol. The zero-order valence-corrected chi connectivity index (χ0v) is 10.0. The Morgan fingerprint density at radius 1 is 1.18 bits per heavy atom. The normalized spacial score (nSPS) is 17.0. The number of rotatable bonds is 1. The van der Waals surface area contributed by atoms with E-state index in [1.807, 2.05) is 0 Å². The minimum Gasteiger partial charge on any atom is -0.396 e. The predicted octanol–water partition coefficient (Wildman–Crippen LogP) is 2.31. The topological polar surface area (TPSA) is 65.9 Å². The highest BCUT2D eigenvalue weighted by Gasteiger charge is 2.13. The standard InChI is InChI=1S/C13H18N4/c14-9-11-8-12(15)13(16-10-11)17-6-4-2-1-3-5-7-17/h8,10H,1-7,15H2. The summed E-state index contributed by atoms with van der Waals surface area (Å²) >= 11 is 0. The molecule has 0 radical (unpaired) electrons. The van der Waals surface area contributed by atoms with Crippen LogP contribution >= 0.6 is 0 Å². The molecule has 1 aliphatic rings. The van der Waals surface area contributed by atoms with Crippen molar-refractivity contribution < 1.29 is 0 Å². The molecular formula is C13H18N4. The Labute approximate surface area is 102 Å². The third kappa shape index (κ3) is 2.88. The summed E-state index contributed by atoms with van der Waals surface area (Å²) in [6.07, 6.45) is 7.90. The van der Waals surface area contributed by atoms with Crippen LogP contribution in [0.15, 0.2) is 12.3 Å². The maximum absolute atomic E-state index is 8.79. The summed E-state index contributed by atoms with van der Waals surface area (Å²) in [5.41, 5.74) is 7.10. The van der Waals surface area contributed by atoms with Crippen molar-refractivity contribution in [2.24, 2.45) is 0 Å². The quantitative estimate of drug-likeness (QED) is 0.804. The van der Waals surface area contributed by atoms with Crippen molar-refractivity contribution in [3.63, 3.8) is 0 Å².